The lowest BCUT2D eigenvalue weighted by molar-refractivity contribution is 0.295. The van der Waals surface area contributed by atoms with Crippen molar-refractivity contribution < 1.29 is 0 Å². The van der Waals surface area contributed by atoms with Crippen molar-refractivity contribution in [1.29, 1.82) is 0 Å². The Morgan fingerprint density at radius 3 is 2.62 bits per heavy atom. The third-order valence-corrected chi connectivity index (χ3v) is 4.17. The van der Waals surface area contributed by atoms with E-state index in [1.54, 1.807) is 0 Å². The second-order valence-corrected chi connectivity index (χ2v) is 5.70. The number of para-hydroxylation sites is 2. The highest BCUT2D eigenvalue weighted by Gasteiger charge is 2.10. The van der Waals surface area contributed by atoms with Gasteiger partial charge in [-0.3, -0.25) is 0 Å². The van der Waals surface area contributed by atoms with Crippen LogP contribution in [0.5, 0.6) is 0 Å². The van der Waals surface area contributed by atoms with Gasteiger partial charge in [-0.25, -0.2) is 4.98 Å². The summed E-state index contributed by atoms with van der Waals surface area (Å²) in [4.78, 5) is 7.14. The third-order valence-electron chi connectivity index (χ3n) is 4.17. The van der Waals surface area contributed by atoms with Crippen LogP contribution in [0, 0.1) is 0 Å². The molecule has 0 radical (unpaired) electrons. The molecular weight excluding hydrogens is 260 g/mol. The number of rotatable bonds is 8. The molecule has 116 valence electrons. The zero-order valence-corrected chi connectivity index (χ0v) is 13.8. The van der Waals surface area contributed by atoms with Crippen molar-refractivity contribution in [1.82, 2.24) is 14.5 Å². The second kappa shape index (κ2) is 7.46. The number of hydrogen-bond acceptors (Lipinski definition) is 3. The van der Waals surface area contributed by atoms with Crippen LogP contribution >= 0.6 is 0 Å². The van der Waals surface area contributed by atoms with E-state index in [9.17, 15) is 0 Å². The van der Waals surface area contributed by atoms with E-state index in [0.717, 1.165) is 24.6 Å². The molecule has 1 N–H and O–H groups in total. The highest BCUT2D eigenvalue weighted by Crippen LogP contribution is 2.18. The third kappa shape index (κ3) is 3.97. The molecular formula is C17H28N4. The quantitative estimate of drug-likeness (QED) is 0.807. The summed E-state index contributed by atoms with van der Waals surface area (Å²) < 4.78 is 2.14. The van der Waals surface area contributed by atoms with E-state index in [-0.39, 0.29) is 0 Å². The smallest absolute Gasteiger partial charge is 0.203 e. The monoisotopic (exact) mass is 288 g/mol. The van der Waals surface area contributed by atoms with Crippen molar-refractivity contribution in [2.24, 2.45) is 7.05 Å². The molecule has 4 heteroatoms. The Bertz CT molecular complexity index is 557. The van der Waals surface area contributed by atoms with Crippen LogP contribution in [0.3, 0.4) is 0 Å². The number of aryl methyl sites for hydroxylation is 1. The van der Waals surface area contributed by atoms with Crippen molar-refractivity contribution >= 4 is 17.0 Å². The van der Waals surface area contributed by atoms with Gasteiger partial charge in [0.05, 0.1) is 11.0 Å². The molecule has 4 nitrogen and oxygen atoms in total. The average molecular weight is 288 g/mol. The molecule has 1 heterocycles. The minimum absolute atomic E-state index is 0.441. The van der Waals surface area contributed by atoms with Gasteiger partial charge in [0, 0.05) is 13.1 Å². The molecule has 0 saturated carbocycles. The van der Waals surface area contributed by atoms with Crippen LogP contribution in [-0.2, 0) is 7.05 Å². The maximum atomic E-state index is 4.67. The van der Waals surface area contributed by atoms with Gasteiger partial charge >= 0.3 is 0 Å². The zero-order chi connectivity index (χ0) is 15.2. The largest absolute Gasteiger partial charge is 0.353 e. The van der Waals surface area contributed by atoms with Gasteiger partial charge in [-0.2, -0.15) is 0 Å². The van der Waals surface area contributed by atoms with E-state index in [4.69, 9.17) is 0 Å². The first-order chi connectivity index (χ1) is 10.2. The molecule has 0 fully saturated rings. The molecule has 1 aromatic carbocycles. The number of fused-ring (bicyclic) bond motifs is 1. The SMILES string of the molecule is CCN(CC)CCCC(C)Nc1nc2ccccc2n1C. The predicted molar refractivity (Wildman–Crippen MR) is 90.8 cm³/mol. The van der Waals surface area contributed by atoms with Crippen molar-refractivity contribution in [3.63, 3.8) is 0 Å². The van der Waals surface area contributed by atoms with Crippen LogP contribution in [-0.4, -0.2) is 40.1 Å². The summed E-state index contributed by atoms with van der Waals surface area (Å²) in [7, 11) is 2.07. The molecule has 1 atom stereocenters. The highest BCUT2D eigenvalue weighted by molar-refractivity contribution is 5.78. The number of benzene rings is 1. The maximum absolute atomic E-state index is 4.67. The van der Waals surface area contributed by atoms with Crippen LogP contribution < -0.4 is 5.32 Å². The molecule has 21 heavy (non-hydrogen) atoms. The summed E-state index contributed by atoms with van der Waals surface area (Å²) in [6.07, 6.45) is 2.39. The summed E-state index contributed by atoms with van der Waals surface area (Å²) in [5.74, 6) is 0.964. The number of hydrogen-bond donors (Lipinski definition) is 1. The lowest BCUT2D eigenvalue weighted by Crippen LogP contribution is -2.26. The van der Waals surface area contributed by atoms with E-state index >= 15 is 0 Å². The summed E-state index contributed by atoms with van der Waals surface area (Å²) in [6, 6.07) is 8.70. The molecule has 1 aromatic heterocycles. The topological polar surface area (TPSA) is 33.1 Å². The minimum atomic E-state index is 0.441. The molecule has 0 amide bonds. The van der Waals surface area contributed by atoms with E-state index in [0.29, 0.717) is 6.04 Å². The fourth-order valence-electron chi connectivity index (χ4n) is 2.73. The molecule has 0 saturated heterocycles. The number of aromatic nitrogens is 2. The van der Waals surface area contributed by atoms with Crippen molar-refractivity contribution in [2.75, 3.05) is 25.0 Å². The van der Waals surface area contributed by atoms with Crippen LogP contribution in [0.25, 0.3) is 11.0 Å². The second-order valence-electron chi connectivity index (χ2n) is 5.70. The van der Waals surface area contributed by atoms with Gasteiger partial charge in [-0.05, 0) is 51.5 Å². The average Bonchev–Trinajstić information content (AvgIpc) is 2.80. The van der Waals surface area contributed by atoms with Crippen molar-refractivity contribution in [3.05, 3.63) is 24.3 Å². The molecule has 2 rings (SSSR count). The van der Waals surface area contributed by atoms with Gasteiger partial charge in [-0.15, -0.1) is 0 Å². The van der Waals surface area contributed by atoms with Gasteiger partial charge in [0.25, 0.3) is 0 Å². The van der Waals surface area contributed by atoms with E-state index in [2.05, 4.69) is 65.8 Å². The molecule has 0 bridgehead atoms. The van der Waals surface area contributed by atoms with Gasteiger partial charge < -0.3 is 14.8 Å². The Balaban J connectivity index is 1.89. The number of anilines is 1. The first kappa shape index (κ1) is 15.8. The molecule has 0 aliphatic rings. The molecule has 0 aliphatic carbocycles. The lowest BCUT2D eigenvalue weighted by atomic mass is 10.2. The van der Waals surface area contributed by atoms with Crippen molar-refractivity contribution in [2.45, 2.75) is 39.7 Å². The Morgan fingerprint density at radius 1 is 1.24 bits per heavy atom. The maximum Gasteiger partial charge on any atom is 0.203 e. The predicted octanol–water partition coefficient (Wildman–Crippen LogP) is 3.50. The minimum Gasteiger partial charge on any atom is -0.353 e. The van der Waals surface area contributed by atoms with Crippen LogP contribution in [0.2, 0.25) is 0 Å². The molecule has 0 aliphatic heterocycles. The Morgan fingerprint density at radius 2 is 1.95 bits per heavy atom. The fraction of sp³-hybridized carbons (Fsp3) is 0.588. The van der Waals surface area contributed by atoms with E-state index < -0.39 is 0 Å². The summed E-state index contributed by atoms with van der Waals surface area (Å²) in [6.45, 7) is 10.2. The lowest BCUT2D eigenvalue weighted by Gasteiger charge is -2.20. The summed E-state index contributed by atoms with van der Waals surface area (Å²) >= 11 is 0. The first-order valence-electron chi connectivity index (χ1n) is 8.06. The zero-order valence-electron chi connectivity index (χ0n) is 13.8. The highest BCUT2D eigenvalue weighted by atomic mass is 15.2. The normalized spacial score (nSPS) is 13.0. The van der Waals surface area contributed by atoms with Gasteiger partial charge in [-0.1, -0.05) is 26.0 Å². The summed E-state index contributed by atoms with van der Waals surface area (Å²) in [5, 5.41) is 3.54. The van der Waals surface area contributed by atoms with Crippen LogP contribution in [0.1, 0.15) is 33.6 Å². The fourth-order valence-corrected chi connectivity index (χ4v) is 2.73. The van der Waals surface area contributed by atoms with Gasteiger partial charge in [0.15, 0.2) is 0 Å². The van der Waals surface area contributed by atoms with Crippen molar-refractivity contribution in [3.8, 4) is 0 Å². The van der Waals surface area contributed by atoms with E-state index in [1.807, 2.05) is 6.07 Å². The standard InChI is InChI=1S/C17H28N4/c1-5-21(6-2)13-9-10-14(3)18-17-19-15-11-7-8-12-16(15)20(17)4/h7-8,11-12,14H,5-6,9-10,13H2,1-4H3,(H,18,19). The number of nitrogens with zero attached hydrogens (tertiary/aromatic N) is 3. The van der Waals surface area contributed by atoms with Gasteiger partial charge in [0.1, 0.15) is 0 Å². The molecule has 2 aromatic rings. The number of imidazole rings is 1. The molecule has 1 unspecified atom stereocenters. The Hall–Kier alpha value is -1.55. The molecule has 0 spiro atoms. The Kier molecular flexibility index (Phi) is 5.62. The first-order valence-corrected chi connectivity index (χ1v) is 8.06. The van der Waals surface area contributed by atoms with Crippen LogP contribution in [0.15, 0.2) is 24.3 Å². The summed E-state index contributed by atoms with van der Waals surface area (Å²) in [5.41, 5.74) is 2.23. The Labute approximate surface area is 128 Å². The number of nitrogens with one attached hydrogen (secondary N) is 1. The van der Waals surface area contributed by atoms with Gasteiger partial charge in [0.2, 0.25) is 5.95 Å². The van der Waals surface area contributed by atoms with E-state index in [1.165, 1.54) is 24.9 Å². The van der Waals surface area contributed by atoms with Crippen LogP contribution in [0.4, 0.5) is 5.95 Å².